The van der Waals surface area contributed by atoms with Crippen molar-refractivity contribution < 1.29 is 9.59 Å². The Bertz CT molecular complexity index is 1040. The van der Waals surface area contributed by atoms with E-state index in [-0.39, 0.29) is 18.2 Å². The van der Waals surface area contributed by atoms with E-state index < -0.39 is 11.5 Å². The summed E-state index contributed by atoms with van der Waals surface area (Å²) in [6, 6.07) is 9.49. The van der Waals surface area contributed by atoms with Gasteiger partial charge in [0, 0.05) is 46.6 Å². The molecule has 2 amide bonds. The highest BCUT2D eigenvalue weighted by molar-refractivity contribution is 6.35. The van der Waals surface area contributed by atoms with Gasteiger partial charge in [0.1, 0.15) is 6.04 Å². The molecular weight excluding hydrogens is 504 g/mol. The Hall–Kier alpha value is -1.50. The van der Waals surface area contributed by atoms with Crippen LogP contribution in [0, 0.1) is 0 Å². The van der Waals surface area contributed by atoms with E-state index in [0.29, 0.717) is 46.0 Å². The lowest BCUT2D eigenvalue weighted by Gasteiger charge is -2.28. The average molecular weight is 531 g/mol. The summed E-state index contributed by atoms with van der Waals surface area (Å²) in [5.41, 5.74) is 0.699. The van der Waals surface area contributed by atoms with Crippen molar-refractivity contribution in [1.82, 2.24) is 15.1 Å². The van der Waals surface area contributed by atoms with Gasteiger partial charge in [-0.2, -0.15) is 0 Å². The molecule has 0 spiro atoms. The zero-order valence-corrected chi connectivity index (χ0v) is 21.8. The molecule has 33 heavy (non-hydrogen) atoms. The van der Waals surface area contributed by atoms with Crippen molar-refractivity contribution in [3.63, 3.8) is 0 Å². The minimum absolute atomic E-state index is 0.186. The van der Waals surface area contributed by atoms with Gasteiger partial charge in [-0.05, 0) is 62.3 Å². The smallest absolute Gasteiger partial charge is 0.245 e. The molecule has 1 atom stereocenters. The van der Waals surface area contributed by atoms with E-state index in [4.69, 9.17) is 46.4 Å². The predicted molar refractivity (Wildman–Crippen MR) is 136 cm³/mol. The number of nitrogens with zero attached hydrogens (tertiary/aromatic N) is 2. The van der Waals surface area contributed by atoms with E-state index in [9.17, 15) is 9.59 Å². The fourth-order valence-electron chi connectivity index (χ4n) is 3.75. The van der Waals surface area contributed by atoms with E-state index in [1.165, 1.54) is 0 Å². The normalized spacial score (nSPS) is 15.3. The van der Waals surface area contributed by atoms with Crippen LogP contribution in [0.5, 0.6) is 0 Å². The number of halogens is 4. The van der Waals surface area contributed by atoms with Gasteiger partial charge in [-0.3, -0.25) is 9.59 Å². The standard InChI is InChI=1S/C24H27Cl4N3O2/c1-30(2)10-11-31(3)22(32)21(12-15-4-5-16(25)13-19(15)27)29-23(33)24(8-9-24)18-7-6-17(26)14-20(18)28/h4-7,13-14,21H,8-12H2,1-3H3,(H,29,33)/t21-/m0/s1. The molecule has 1 fully saturated rings. The number of hydrogen-bond acceptors (Lipinski definition) is 3. The first-order valence-electron chi connectivity index (χ1n) is 10.6. The molecule has 0 unspecified atom stereocenters. The second kappa shape index (κ2) is 10.8. The molecule has 0 bridgehead atoms. The molecule has 1 saturated carbocycles. The molecule has 2 aromatic rings. The van der Waals surface area contributed by atoms with E-state index in [2.05, 4.69) is 5.32 Å². The number of hydrogen-bond donors (Lipinski definition) is 1. The van der Waals surface area contributed by atoms with Crippen LogP contribution in [-0.2, 0) is 21.4 Å². The molecule has 0 aliphatic heterocycles. The van der Waals surface area contributed by atoms with E-state index in [0.717, 1.165) is 11.1 Å². The van der Waals surface area contributed by atoms with Gasteiger partial charge in [0.15, 0.2) is 0 Å². The summed E-state index contributed by atoms with van der Waals surface area (Å²) in [4.78, 5) is 30.4. The largest absolute Gasteiger partial charge is 0.343 e. The number of carbonyl (C=O) groups excluding carboxylic acids is 2. The Morgan fingerprint density at radius 3 is 2.09 bits per heavy atom. The zero-order valence-electron chi connectivity index (χ0n) is 18.8. The molecule has 0 aromatic heterocycles. The van der Waals surface area contributed by atoms with Gasteiger partial charge < -0.3 is 15.1 Å². The molecule has 1 aliphatic carbocycles. The number of carbonyl (C=O) groups is 2. The third-order valence-electron chi connectivity index (χ3n) is 5.93. The molecule has 0 saturated heterocycles. The molecule has 1 N–H and O–H groups in total. The third-order valence-corrected chi connectivity index (χ3v) is 7.07. The summed E-state index contributed by atoms with van der Waals surface area (Å²) < 4.78 is 0. The Balaban J connectivity index is 1.85. The Kier molecular flexibility index (Phi) is 8.57. The van der Waals surface area contributed by atoms with Crippen molar-refractivity contribution in [2.45, 2.75) is 30.7 Å². The third kappa shape index (κ3) is 6.34. The lowest BCUT2D eigenvalue weighted by Crippen LogP contribution is -2.52. The first-order valence-corrected chi connectivity index (χ1v) is 12.1. The summed E-state index contributed by atoms with van der Waals surface area (Å²) in [5.74, 6) is -0.412. The van der Waals surface area contributed by atoms with Crippen molar-refractivity contribution in [3.8, 4) is 0 Å². The van der Waals surface area contributed by atoms with Crippen LogP contribution in [0.15, 0.2) is 36.4 Å². The first kappa shape index (κ1) is 26.1. The van der Waals surface area contributed by atoms with Crippen molar-refractivity contribution in [2.24, 2.45) is 0 Å². The second-order valence-electron chi connectivity index (χ2n) is 8.74. The average Bonchev–Trinajstić information content (AvgIpc) is 3.54. The zero-order chi connectivity index (χ0) is 24.3. The van der Waals surface area contributed by atoms with Crippen LogP contribution in [-0.4, -0.2) is 61.9 Å². The fraction of sp³-hybridized carbons (Fsp3) is 0.417. The Labute approximate surface area is 214 Å². The molecule has 0 radical (unpaired) electrons. The van der Waals surface area contributed by atoms with E-state index in [1.807, 2.05) is 19.0 Å². The van der Waals surface area contributed by atoms with Crippen LogP contribution < -0.4 is 5.32 Å². The fourth-order valence-corrected chi connectivity index (χ4v) is 4.83. The van der Waals surface area contributed by atoms with Crippen molar-refractivity contribution in [2.75, 3.05) is 34.2 Å². The maximum absolute atomic E-state index is 13.5. The molecule has 3 rings (SSSR count). The predicted octanol–water partition coefficient (Wildman–Crippen LogP) is 5.08. The van der Waals surface area contributed by atoms with Gasteiger partial charge in [0.05, 0.1) is 5.41 Å². The van der Waals surface area contributed by atoms with Crippen LogP contribution in [0.3, 0.4) is 0 Å². The van der Waals surface area contributed by atoms with Gasteiger partial charge in [-0.15, -0.1) is 0 Å². The monoisotopic (exact) mass is 529 g/mol. The van der Waals surface area contributed by atoms with E-state index in [1.54, 1.807) is 48.3 Å². The molecule has 1 aliphatic rings. The van der Waals surface area contributed by atoms with Crippen LogP contribution in [0.25, 0.3) is 0 Å². The number of likely N-dealkylation sites (N-methyl/N-ethyl adjacent to an activating group) is 2. The lowest BCUT2D eigenvalue weighted by molar-refractivity contribution is -0.136. The van der Waals surface area contributed by atoms with Gasteiger partial charge >= 0.3 is 0 Å². The van der Waals surface area contributed by atoms with Crippen molar-refractivity contribution >= 4 is 58.2 Å². The van der Waals surface area contributed by atoms with E-state index >= 15 is 0 Å². The van der Waals surface area contributed by atoms with Gasteiger partial charge in [0.2, 0.25) is 11.8 Å². The van der Waals surface area contributed by atoms with Crippen LogP contribution in [0.4, 0.5) is 0 Å². The van der Waals surface area contributed by atoms with Crippen LogP contribution >= 0.6 is 46.4 Å². The summed E-state index contributed by atoms with van der Waals surface area (Å²) in [5, 5.41) is 4.90. The summed E-state index contributed by atoms with van der Waals surface area (Å²) in [7, 11) is 5.62. The minimum atomic E-state index is -0.785. The van der Waals surface area contributed by atoms with Gasteiger partial charge in [-0.25, -0.2) is 0 Å². The molecule has 178 valence electrons. The number of amides is 2. The second-order valence-corrected chi connectivity index (χ2v) is 10.4. The maximum Gasteiger partial charge on any atom is 0.245 e. The first-order chi connectivity index (χ1) is 15.5. The highest BCUT2D eigenvalue weighted by Crippen LogP contribution is 2.51. The highest BCUT2D eigenvalue weighted by atomic mass is 35.5. The van der Waals surface area contributed by atoms with Crippen molar-refractivity contribution in [3.05, 3.63) is 67.6 Å². The number of benzene rings is 2. The van der Waals surface area contributed by atoms with Crippen LogP contribution in [0.2, 0.25) is 20.1 Å². The Morgan fingerprint density at radius 2 is 1.55 bits per heavy atom. The quantitative estimate of drug-likeness (QED) is 0.492. The molecule has 0 heterocycles. The highest BCUT2D eigenvalue weighted by Gasteiger charge is 2.53. The maximum atomic E-state index is 13.5. The topological polar surface area (TPSA) is 52.6 Å². The molecular formula is C24H27Cl4N3O2. The molecule has 2 aromatic carbocycles. The number of rotatable bonds is 9. The van der Waals surface area contributed by atoms with Gasteiger partial charge in [-0.1, -0.05) is 58.5 Å². The summed E-state index contributed by atoms with van der Waals surface area (Å²) in [6.45, 7) is 1.23. The SMILES string of the molecule is CN(C)CCN(C)C(=O)[C@H](Cc1ccc(Cl)cc1Cl)NC(=O)C1(c2ccc(Cl)cc2Cl)CC1. The van der Waals surface area contributed by atoms with Crippen molar-refractivity contribution in [1.29, 1.82) is 0 Å². The summed E-state index contributed by atoms with van der Waals surface area (Å²) in [6.07, 6.45) is 1.55. The molecule has 5 nitrogen and oxygen atoms in total. The van der Waals surface area contributed by atoms with Crippen LogP contribution in [0.1, 0.15) is 24.0 Å². The lowest BCUT2D eigenvalue weighted by atomic mass is 9.93. The minimum Gasteiger partial charge on any atom is -0.343 e. The van der Waals surface area contributed by atoms with Gasteiger partial charge in [0.25, 0.3) is 0 Å². The number of nitrogens with one attached hydrogen (secondary N) is 1. The summed E-state index contributed by atoms with van der Waals surface area (Å²) >= 11 is 24.8. The Morgan fingerprint density at radius 1 is 0.939 bits per heavy atom. The molecule has 9 heteroatoms.